The van der Waals surface area contributed by atoms with Gasteiger partial charge >= 0.3 is 6.18 Å². The quantitative estimate of drug-likeness (QED) is 0.902. The number of halogens is 3. The Bertz CT molecular complexity index is 499. The Hall–Kier alpha value is -1.07. The van der Waals surface area contributed by atoms with Crippen molar-refractivity contribution in [1.29, 1.82) is 0 Å². The summed E-state index contributed by atoms with van der Waals surface area (Å²) in [5.74, 6) is -1.16. The number of hydrogen-bond acceptors (Lipinski definition) is 2. The van der Waals surface area contributed by atoms with Crippen molar-refractivity contribution in [2.75, 3.05) is 19.6 Å². The van der Waals surface area contributed by atoms with Crippen molar-refractivity contribution in [3.05, 3.63) is 34.9 Å². The summed E-state index contributed by atoms with van der Waals surface area (Å²) in [4.78, 5) is 1.97. The first kappa shape index (κ1) is 14.9. The van der Waals surface area contributed by atoms with Gasteiger partial charge in [-0.2, -0.15) is 13.2 Å². The molecule has 21 heavy (non-hydrogen) atoms. The van der Waals surface area contributed by atoms with E-state index in [1.807, 2.05) is 11.0 Å². The molecule has 0 aromatic heterocycles. The predicted molar refractivity (Wildman–Crippen MR) is 75.9 cm³/mol. The summed E-state index contributed by atoms with van der Waals surface area (Å²) < 4.78 is 38.7. The summed E-state index contributed by atoms with van der Waals surface area (Å²) in [5, 5.41) is 3.34. The second-order valence-electron chi connectivity index (χ2n) is 6.10. The molecule has 5 heteroatoms. The van der Waals surface area contributed by atoms with Crippen LogP contribution in [-0.4, -0.2) is 30.7 Å². The van der Waals surface area contributed by atoms with Gasteiger partial charge in [-0.25, -0.2) is 0 Å². The van der Waals surface area contributed by atoms with Gasteiger partial charge in [0.1, 0.15) is 0 Å². The Morgan fingerprint density at radius 3 is 2.95 bits per heavy atom. The van der Waals surface area contributed by atoms with Gasteiger partial charge in [0.2, 0.25) is 0 Å². The Labute approximate surface area is 123 Å². The highest BCUT2D eigenvalue weighted by atomic mass is 19.4. The Morgan fingerprint density at radius 2 is 2.14 bits per heavy atom. The minimum atomic E-state index is -4.06. The van der Waals surface area contributed by atoms with Gasteiger partial charge in [0, 0.05) is 19.6 Å². The molecule has 1 N–H and O–H groups in total. The molecule has 2 nitrogen and oxygen atoms in total. The number of rotatable bonds is 2. The molecule has 0 saturated carbocycles. The molecule has 1 saturated heterocycles. The molecule has 0 bridgehead atoms. The zero-order valence-electron chi connectivity index (χ0n) is 12.0. The molecule has 1 aromatic carbocycles. The zero-order valence-corrected chi connectivity index (χ0v) is 12.0. The van der Waals surface area contributed by atoms with E-state index in [-0.39, 0.29) is 13.0 Å². The lowest BCUT2D eigenvalue weighted by Gasteiger charge is -2.34. The largest absolute Gasteiger partial charge is 0.393 e. The molecule has 3 rings (SSSR count). The number of fused-ring (bicyclic) bond motifs is 1. The van der Waals surface area contributed by atoms with Gasteiger partial charge in [0.05, 0.1) is 5.92 Å². The summed E-state index contributed by atoms with van der Waals surface area (Å²) in [7, 11) is 0. The first-order chi connectivity index (χ1) is 10.0. The third-order valence-electron chi connectivity index (χ3n) is 4.60. The second kappa shape index (κ2) is 5.97. The van der Waals surface area contributed by atoms with E-state index in [9.17, 15) is 13.2 Å². The lowest BCUT2D eigenvalue weighted by molar-refractivity contribution is -0.187. The molecule has 1 unspecified atom stereocenters. The number of nitrogens with one attached hydrogen (secondary N) is 1. The van der Waals surface area contributed by atoms with Crippen molar-refractivity contribution >= 4 is 0 Å². The minimum Gasteiger partial charge on any atom is -0.312 e. The van der Waals surface area contributed by atoms with E-state index in [2.05, 4.69) is 17.4 Å². The summed E-state index contributed by atoms with van der Waals surface area (Å²) >= 11 is 0. The molecular weight excluding hydrogens is 277 g/mol. The molecule has 0 aliphatic carbocycles. The first-order valence-corrected chi connectivity index (χ1v) is 7.63. The maximum absolute atomic E-state index is 12.9. The van der Waals surface area contributed by atoms with Crippen molar-refractivity contribution in [2.24, 2.45) is 5.92 Å². The smallest absolute Gasteiger partial charge is 0.312 e. The molecule has 1 atom stereocenters. The number of likely N-dealkylation sites (tertiary alicyclic amines) is 1. The lowest BCUT2D eigenvalue weighted by Crippen LogP contribution is -2.41. The molecule has 0 spiro atoms. The summed E-state index contributed by atoms with van der Waals surface area (Å²) in [6.45, 7) is 3.39. The van der Waals surface area contributed by atoms with E-state index >= 15 is 0 Å². The highest BCUT2D eigenvalue weighted by Gasteiger charge is 2.41. The van der Waals surface area contributed by atoms with E-state index in [0.717, 1.165) is 26.1 Å². The fraction of sp³-hybridized carbons (Fsp3) is 0.625. The zero-order chi connectivity index (χ0) is 14.9. The number of hydrogen-bond donors (Lipinski definition) is 1. The number of alkyl halides is 3. The molecule has 1 aromatic rings. The fourth-order valence-electron chi connectivity index (χ4n) is 3.47. The highest BCUT2D eigenvalue weighted by molar-refractivity contribution is 5.37. The van der Waals surface area contributed by atoms with Gasteiger partial charge in [-0.1, -0.05) is 18.2 Å². The average Bonchev–Trinajstić information content (AvgIpc) is 2.47. The van der Waals surface area contributed by atoms with Crippen LogP contribution in [0.25, 0.3) is 0 Å². The third kappa shape index (κ3) is 3.40. The van der Waals surface area contributed by atoms with Crippen LogP contribution >= 0.6 is 0 Å². The van der Waals surface area contributed by atoms with Crippen LogP contribution in [0.1, 0.15) is 29.5 Å². The van der Waals surface area contributed by atoms with Crippen molar-refractivity contribution in [3.63, 3.8) is 0 Å². The van der Waals surface area contributed by atoms with Gasteiger partial charge in [-0.3, -0.25) is 4.90 Å². The molecule has 2 heterocycles. The molecule has 0 amide bonds. The van der Waals surface area contributed by atoms with E-state index in [4.69, 9.17) is 0 Å². The third-order valence-corrected chi connectivity index (χ3v) is 4.60. The Morgan fingerprint density at radius 1 is 1.29 bits per heavy atom. The van der Waals surface area contributed by atoms with Gasteiger partial charge < -0.3 is 5.32 Å². The maximum atomic E-state index is 12.9. The van der Waals surface area contributed by atoms with Crippen LogP contribution in [0.5, 0.6) is 0 Å². The van der Waals surface area contributed by atoms with Crippen LogP contribution in [0, 0.1) is 5.92 Å². The van der Waals surface area contributed by atoms with Crippen molar-refractivity contribution in [2.45, 2.75) is 38.5 Å². The average molecular weight is 298 g/mol. The fourth-order valence-corrected chi connectivity index (χ4v) is 3.47. The number of benzene rings is 1. The monoisotopic (exact) mass is 298 g/mol. The standard InChI is InChI=1S/C16H21F3N2/c17-16(18,19)14-5-2-8-21(11-14)10-13-4-1-3-12-9-20-7-6-15(12)13/h1,3-4,14,20H,2,5-11H2. The van der Waals surface area contributed by atoms with Crippen LogP contribution in [0.15, 0.2) is 18.2 Å². The molecule has 1 fully saturated rings. The van der Waals surface area contributed by atoms with Gasteiger partial charge in [0.25, 0.3) is 0 Å². The topological polar surface area (TPSA) is 15.3 Å². The van der Waals surface area contributed by atoms with Gasteiger partial charge in [-0.15, -0.1) is 0 Å². The minimum absolute atomic E-state index is 0.144. The van der Waals surface area contributed by atoms with E-state index in [1.165, 1.54) is 16.7 Å². The van der Waals surface area contributed by atoms with Gasteiger partial charge in [-0.05, 0) is 49.0 Å². The molecule has 116 valence electrons. The van der Waals surface area contributed by atoms with Crippen LogP contribution in [0.4, 0.5) is 13.2 Å². The maximum Gasteiger partial charge on any atom is 0.393 e. The van der Waals surface area contributed by atoms with Crippen molar-refractivity contribution in [3.8, 4) is 0 Å². The highest BCUT2D eigenvalue weighted by Crippen LogP contribution is 2.34. The molecule has 2 aliphatic heterocycles. The van der Waals surface area contributed by atoms with Crippen LogP contribution in [0.2, 0.25) is 0 Å². The van der Waals surface area contributed by atoms with Crippen LogP contribution in [-0.2, 0) is 19.5 Å². The first-order valence-electron chi connectivity index (χ1n) is 7.63. The molecule has 0 radical (unpaired) electrons. The van der Waals surface area contributed by atoms with Crippen molar-refractivity contribution < 1.29 is 13.2 Å². The summed E-state index contributed by atoms with van der Waals surface area (Å²) in [6, 6.07) is 6.20. The Balaban J connectivity index is 1.72. The summed E-state index contributed by atoms with van der Waals surface area (Å²) in [5.41, 5.74) is 3.84. The second-order valence-corrected chi connectivity index (χ2v) is 6.10. The van der Waals surface area contributed by atoms with Crippen LogP contribution < -0.4 is 5.32 Å². The number of nitrogens with zero attached hydrogens (tertiary/aromatic N) is 1. The van der Waals surface area contributed by atoms with Crippen molar-refractivity contribution in [1.82, 2.24) is 10.2 Å². The van der Waals surface area contributed by atoms with E-state index in [1.54, 1.807) is 0 Å². The molecule has 2 aliphatic rings. The summed E-state index contributed by atoms with van der Waals surface area (Å²) in [6.07, 6.45) is -2.17. The lowest BCUT2D eigenvalue weighted by atomic mass is 9.93. The van der Waals surface area contributed by atoms with E-state index < -0.39 is 12.1 Å². The van der Waals surface area contributed by atoms with E-state index in [0.29, 0.717) is 13.0 Å². The SMILES string of the molecule is FC(F)(F)C1CCCN(Cc2cccc3c2CCNC3)C1. The molecular formula is C16H21F3N2. The van der Waals surface area contributed by atoms with Crippen LogP contribution in [0.3, 0.4) is 0 Å². The van der Waals surface area contributed by atoms with Gasteiger partial charge in [0.15, 0.2) is 0 Å². The number of piperidine rings is 1. The predicted octanol–water partition coefficient (Wildman–Crippen LogP) is 3.11. The normalized spacial score (nSPS) is 23.9. The Kier molecular flexibility index (Phi) is 4.22.